The van der Waals surface area contributed by atoms with Crippen LogP contribution in [0.4, 0.5) is 10.5 Å². The minimum absolute atomic E-state index is 0.213. The van der Waals surface area contributed by atoms with Crippen LogP contribution in [0, 0.1) is 12.8 Å². The van der Waals surface area contributed by atoms with Crippen molar-refractivity contribution < 1.29 is 19.1 Å². The van der Waals surface area contributed by atoms with Crippen molar-refractivity contribution in [2.24, 2.45) is 5.92 Å². The van der Waals surface area contributed by atoms with Gasteiger partial charge in [0, 0.05) is 12.2 Å². The van der Waals surface area contributed by atoms with Gasteiger partial charge in [-0.2, -0.15) is 0 Å². The maximum absolute atomic E-state index is 13.4. The normalized spacial score (nSPS) is 17.2. The molecule has 2 atom stereocenters. The molecule has 0 spiro atoms. The van der Waals surface area contributed by atoms with E-state index in [2.05, 4.69) is 24.5 Å². The highest BCUT2D eigenvalue weighted by atomic mass is 32.1. The summed E-state index contributed by atoms with van der Waals surface area (Å²) in [6.45, 7) is 6.96. The molecule has 0 aliphatic carbocycles. The topological polar surface area (TPSA) is 87.7 Å². The van der Waals surface area contributed by atoms with Crippen LogP contribution >= 0.6 is 11.3 Å². The first-order valence-corrected chi connectivity index (χ1v) is 12.9. The monoisotopic (exact) mass is 505 g/mol. The molecule has 2 N–H and O–H groups in total. The van der Waals surface area contributed by atoms with Crippen LogP contribution in [0.25, 0.3) is 0 Å². The lowest BCUT2D eigenvalue weighted by atomic mass is 9.99. The van der Waals surface area contributed by atoms with Crippen LogP contribution in [0.15, 0.2) is 66.0 Å². The largest absolute Gasteiger partial charge is 0.438 e. The van der Waals surface area contributed by atoms with Crippen LogP contribution in [-0.2, 0) is 16.1 Å². The van der Waals surface area contributed by atoms with Crippen molar-refractivity contribution in [2.45, 2.75) is 45.9 Å². The molecular weight excluding hydrogens is 474 g/mol. The van der Waals surface area contributed by atoms with E-state index in [0.29, 0.717) is 28.6 Å². The Morgan fingerprint density at radius 1 is 1.08 bits per heavy atom. The Morgan fingerprint density at radius 3 is 2.56 bits per heavy atom. The van der Waals surface area contributed by atoms with E-state index in [1.165, 1.54) is 16.2 Å². The molecule has 4 rings (SSSR count). The Kier molecular flexibility index (Phi) is 8.05. The van der Waals surface area contributed by atoms with Gasteiger partial charge in [-0.15, -0.1) is 11.3 Å². The summed E-state index contributed by atoms with van der Waals surface area (Å²) in [4.78, 5) is 41.0. The van der Waals surface area contributed by atoms with E-state index >= 15 is 0 Å². The molecule has 188 valence electrons. The number of hydrogen-bond donors (Lipinski definition) is 2. The molecule has 1 aliphatic heterocycles. The fraction of sp³-hybridized carbons (Fsp3) is 0.321. The third-order valence-electron chi connectivity index (χ3n) is 6.07. The van der Waals surface area contributed by atoms with Gasteiger partial charge in [0.05, 0.1) is 11.4 Å². The molecule has 0 saturated carbocycles. The molecule has 1 aliphatic rings. The number of carbonyl (C=O) groups excluding carboxylic acids is 3. The molecule has 3 aromatic rings. The van der Waals surface area contributed by atoms with Gasteiger partial charge in [0.15, 0.2) is 12.1 Å². The van der Waals surface area contributed by atoms with Crippen LogP contribution in [0.1, 0.15) is 52.7 Å². The Balaban J connectivity index is 1.58. The second-order valence-corrected chi connectivity index (χ2v) is 10.3. The summed E-state index contributed by atoms with van der Waals surface area (Å²) in [6, 6.07) is 17.7. The minimum Gasteiger partial charge on any atom is -0.438 e. The summed E-state index contributed by atoms with van der Waals surface area (Å²) < 4.78 is 5.76. The highest BCUT2D eigenvalue weighted by Gasteiger charge is 2.47. The summed E-state index contributed by atoms with van der Waals surface area (Å²) >= 11 is 1.35. The van der Waals surface area contributed by atoms with Gasteiger partial charge in [-0.25, -0.2) is 4.79 Å². The maximum atomic E-state index is 13.4. The molecule has 36 heavy (non-hydrogen) atoms. The lowest BCUT2D eigenvalue weighted by Gasteiger charge is -2.24. The van der Waals surface area contributed by atoms with Crippen molar-refractivity contribution in [1.82, 2.24) is 10.2 Å². The predicted molar refractivity (Wildman–Crippen MR) is 141 cm³/mol. The summed E-state index contributed by atoms with van der Waals surface area (Å²) in [5.41, 5.74) is 3.24. The Hall–Kier alpha value is -3.65. The number of anilines is 1. The van der Waals surface area contributed by atoms with E-state index in [-0.39, 0.29) is 18.4 Å². The van der Waals surface area contributed by atoms with E-state index in [1.807, 2.05) is 48.7 Å². The molecule has 2 aromatic carbocycles. The summed E-state index contributed by atoms with van der Waals surface area (Å²) in [7, 11) is 0. The Bertz CT molecular complexity index is 1210. The molecule has 1 fully saturated rings. The number of hydrogen-bond acceptors (Lipinski definition) is 5. The number of thiophene rings is 1. The van der Waals surface area contributed by atoms with Gasteiger partial charge >= 0.3 is 6.09 Å². The molecule has 0 unspecified atom stereocenters. The van der Waals surface area contributed by atoms with Crippen molar-refractivity contribution in [1.29, 1.82) is 0 Å². The molecule has 1 saturated heterocycles. The second kappa shape index (κ2) is 11.4. The third kappa shape index (κ3) is 6.12. The van der Waals surface area contributed by atoms with Gasteiger partial charge in [-0.3, -0.25) is 14.5 Å². The quantitative estimate of drug-likeness (QED) is 0.400. The van der Waals surface area contributed by atoms with Crippen molar-refractivity contribution in [3.05, 3.63) is 87.6 Å². The van der Waals surface area contributed by atoms with Gasteiger partial charge in [0.2, 0.25) is 5.91 Å². The fourth-order valence-electron chi connectivity index (χ4n) is 4.08. The van der Waals surface area contributed by atoms with E-state index in [9.17, 15) is 14.4 Å². The van der Waals surface area contributed by atoms with Crippen molar-refractivity contribution >= 4 is 34.9 Å². The number of aryl methyl sites for hydroxylation is 1. The van der Waals surface area contributed by atoms with Gasteiger partial charge in [0.1, 0.15) is 0 Å². The standard InChI is InChI=1S/C28H31N3O4S/c1-18(2)13-14-29-27(33)24-25(35-28(34)31(24)17-20-11-9-19(3)10-12-20)21-6-4-7-22(16-21)30-26(32)23-8-5-15-36-23/h4-12,15-16,18,24-25H,13-14,17H2,1-3H3,(H,29,33)(H,30,32)/t24-,25-/m0/s1. The predicted octanol–water partition coefficient (Wildman–Crippen LogP) is 5.53. The molecule has 0 radical (unpaired) electrons. The van der Waals surface area contributed by atoms with Crippen LogP contribution in [-0.4, -0.2) is 35.4 Å². The molecule has 2 heterocycles. The van der Waals surface area contributed by atoms with Crippen LogP contribution in [0.3, 0.4) is 0 Å². The Morgan fingerprint density at radius 2 is 1.86 bits per heavy atom. The molecule has 0 bridgehead atoms. The van der Waals surface area contributed by atoms with Crippen LogP contribution < -0.4 is 10.6 Å². The molecule has 7 nitrogen and oxygen atoms in total. The van der Waals surface area contributed by atoms with E-state index in [0.717, 1.165) is 17.5 Å². The first-order chi connectivity index (χ1) is 17.3. The van der Waals surface area contributed by atoms with Gasteiger partial charge in [-0.1, -0.05) is 61.9 Å². The smallest absolute Gasteiger partial charge is 0.411 e. The zero-order valence-corrected chi connectivity index (χ0v) is 21.5. The number of nitrogens with zero attached hydrogens (tertiary/aromatic N) is 1. The lowest BCUT2D eigenvalue weighted by Crippen LogP contribution is -2.46. The third-order valence-corrected chi connectivity index (χ3v) is 6.93. The Labute approximate surface area is 215 Å². The average molecular weight is 506 g/mol. The number of nitrogens with one attached hydrogen (secondary N) is 2. The maximum Gasteiger partial charge on any atom is 0.411 e. The van der Waals surface area contributed by atoms with E-state index in [4.69, 9.17) is 4.74 Å². The number of ether oxygens (including phenoxy) is 1. The summed E-state index contributed by atoms with van der Waals surface area (Å²) in [5, 5.41) is 7.71. The van der Waals surface area contributed by atoms with E-state index < -0.39 is 18.2 Å². The van der Waals surface area contributed by atoms with Crippen molar-refractivity contribution in [3.63, 3.8) is 0 Å². The van der Waals surface area contributed by atoms with Crippen molar-refractivity contribution in [2.75, 3.05) is 11.9 Å². The second-order valence-electron chi connectivity index (χ2n) is 9.39. The summed E-state index contributed by atoms with van der Waals surface area (Å²) in [5.74, 6) is -0.0314. The van der Waals surface area contributed by atoms with Gasteiger partial charge < -0.3 is 15.4 Å². The van der Waals surface area contributed by atoms with Crippen molar-refractivity contribution in [3.8, 4) is 0 Å². The molecule has 3 amide bonds. The highest BCUT2D eigenvalue weighted by molar-refractivity contribution is 7.12. The molecule has 1 aromatic heterocycles. The van der Waals surface area contributed by atoms with Gasteiger partial charge in [-0.05, 0) is 54.0 Å². The SMILES string of the molecule is Cc1ccc(CN2C(=O)O[C@@H](c3cccc(NC(=O)c4cccs4)c3)[C@H]2C(=O)NCCC(C)C)cc1. The number of carbonyl (C=O) groups is 3. The first-order valence-electron chi connectivity index (χ1n) is 12.1. The number of cyclic esters (lactones) is 1. The number of amides is 3. The van der Waals surface area contributed by atoms with Crippen LogP contribution in [0.5, 0.6) is 0 Å². The highest BCUT2D eigenvalue weighted by Crippen LogP contribution is 2.35. The number of rotatable bonds is 9. The fourth-order valence-corrected chi connectivity index (χ4v) is 4.70. The zero-order valence-electron chi connectivity index (χ0n) is 20.7. The zero-order chi connectivity index (χ0) is 25.7. The molecular formula is C28H31N3O4S. The number of benzene rings is 2. The first kappa shape index (κ1) is 25.4. The lowest BCUT2D eigenvalue weighted by molar-refractivity contribution is -0.126. The van der Waals surface area contributed by atoms with Crippen LogP contribution in [0.2, 0.25) is 0 Å². The molecule has 8 heteroatoms. The average Bonchev–Trinajstić information content (AvgIpc) is 3.49. The summed E-state index contributed by atoms with van der Waals surface area (Å²) in [6.07, 6.45) is -0.515. The minimum atomic E-state index is -0.839. The van der Waals surface area contributed by atoms with E-state index in [1.54, 1.807) is 24.3 Å². The van der Waals surface area contributed by atoms with Gasteiger partial charge in [0.25, 0.3) is 5.91 Å².